The molecule has 74 heavy (non-hydrogen) atoms. The first-order chi connectivity index (χ1) is 36.0. The summed E-state index contributed by atoms with van der Waals surface area (Å²) in [5.74, 6) is -0.988. The zero-order chi connectivity index (χ0) is 53.9. The Kier molecular flexibility index (Phi) is 41.2. The third kappa shape index (κ3) is 32.1. The van der Waals surface area contributed by atoms with Crippen molar-refractivity contribution in [2.45, 2.75) is 274 Å². The van der Waals surface area contributed by atoms with Crippen LogP contribution in [-0.2, 0) is 38.0 Å². The van der Waals surface area contributed by atoms with Gasteiger partial charge in [-0.05, 0) is 51.4 Å². The fraction of sp³-hybridized carbons (Fsp3) is 0.797. The van der Waals surface area contributed by atoms with E-state index in [9.17, 15) is 45.3 Å². The Morgan fingerprint density at radius 1 is 0.446 bits per heavy atom. The van der Waals surface area contributed by atoms with E-state index in [1.165, 1.54) is 109 Å². The van der Waals surface area contributed by atoms with Gasteiger partial charge in [-0.2, -0.15) is 0 Å². The van der Waals surface area contributed by atoms with Crippen molar-refractivity contribution in [3.8, 4) is 0 Å². The van der Waals surface area contributed by atoms with Gasteiger partial charge >= 0.3 is 11.9 Å². The summed E-state index contributed by atoms with van der Waals surface area (Å²) in [6.07, 6.45) is 36.9. The van der Waals surface area contributed by atoms with E-state index in [1.807, 2.05) is 36.5 Å². The summed E-state index contributed by atoms with van der Waals surface area (Å²) in [7, 11) is 0. The molecule has 0 aromatic carbocycles. The molecule has 2 saturated heterocycles. The highest BCUT2D eigenvalue weighted by Gasteiger charge is 2.47. The standard InChI is InChI=1S/C59H102O15/c1-3-5-7-9-11-13-15-17-19-20-21-22-23-24-25-26-28-29-31-33-35-37-39-41-50(61)69-44-47(72-51(62)42-40-38-36-34-32-30-27-18-16-14-12-10-8-6-4-2)45-70-58-57(68)55(66)53(64)49(74-58)46-71-59-56(67)54(65)52(63)48(43-60)73-59/h6,8,10,12,14,16,18,27,33,35,47-49,52-60,63-68H,3-5,7,9,11,13,15,17,19-26,28-32,34,36-46H2,1-2H3/b8-6+,12-10+,16-14+,27-18+,35-33+/t47-,48+,49+,52-,53-,54?,55?,56?,57?,58+,59+/m0/s1. The Morgan fingerprint density at radius 2 is 0.878 bits per heavy atom. The quantitative estimate of drug-likeness (QED) is 0.0130. The van der Waals surface area contributed by atoms with Gasteiger partial charge in [-0.15, -0.1) is 0 Å². The van der Waals surface area contributed by atoms with Crippen LogP contribution in [-0.4, -0.2) is 142 Å². The SMILES string of the molecule is CC/C=C/C=C/C=C/C=C/CCCCCCCC(=O)O[C@@H](COC(=O)CCC/C=C/CCCCCCCCCCCCCCCCCCCC)CO[C@@H]1O[C@H](CO[C@@H]2O[C@H](CO)[C@H](O)C(O)C2O)[C@H](O)C(O)C1O. The van der Waals surface area contributed by atoms with E-state index in [4.69, 9.17) is 28.4 Å². The van der Waals surface area contributed by atoms with E-state index in [-0.39, 0.29) is 19.4 Å². The molecule has 0 aromatic heterocycles. The molecule has 11 atom stereocenters. The number of ether oxygens (including phenoxy) is 6. The van der Waals surface area contributed by atoms with Crippen LogP contribution in [0, 0.1) is 0 Å². The summed E-state index contributed by atoms with van der Waals surface area (Å²) >= 11 is 0. The van der Waals surface area contributed by atoms with Gasteiger partial charge in [-0.1, -0.05) is 203 Å². The van der Waals surface area contributed by atoms with Crippen molar-refractivity contribution in [2.75, 3.05) is 26.4 Å². The Morgan fingerprint density at radius 3 is 1.42 bits per heavy atom. The van der Waals surface area contributed by atoms with E-state index in [2.05, 4.69) is 38.2 Å². The van der Waals surface area contributed by atoms with Gasteiger partial charge in [0.05, 0.1) is 19.8 Å². The summed E-state index contributed by atoms with van der Waals surface area (Å²) < 4.78 is 33.6. The lowest BCUT2D eigenvalue weighted by molar-refractivity contribution is -0.332. The number of unbranched alkanes of at least 4 members (excludes halogenated alkanes) is 24. The van der Waals surface area contributed by atoms with Gasteiger partial charge in [0.25, 0.3) is 0 Å². The molecule has 2 fully saturated rings. The van der Waals surface area contributed by atoms with Crippen LogP contribution in [0.4, 0.5) is 0 Å². The fourth-order valence-electron chi connectivity index (χ4n) is 8.88. The van der Waals surface area contributed by atoms with Gasteiger partial charge < -0.3 is 64.2 Å². The maximum absolute atomic E-state index is 13.0. The first-order valence-electron chi connectivity index (χ1n) is 28.9. The second kappa shape index (κ2) is 45.2. The minimum absolute atomic E-state index is 0.132. The Bertz CT molecular complexity index is 1520. The smallest absolute Gasteiger partial charge is 0.306 e. The van der Waals surface area contributed by atoms with Crippen LogP contribution in [0.25, 0.3) is 0 Å². The van der Waals surface area contributed by atoms with Crippen LogP contribution in [0.5, 0.6) is 0 Å². The Balaban J connectivity index is 1.75. The van der Waals surface area contributed by atoms with Crippen molar-refractivity contribution in [3.63, 3.8) is 0 Å². The van der Waals surface area contributed by atoms with Crippen LogP contribution in [0.15, 0.2) is 60.8 Å². The predicted octanol–water partition coefficient (Wildman–Crippen LogP) is 9.61. The second-order valence-electron chi connectivity index (χ2n) is 20.2. The summed E-state index contributed by atoms with van der Waals surface area (Å²) in [4.78, 5) is 25.8. The minimum Gasteiger partial charge on any atom is -0.462 e. The van der Waals surface area contributed by atoms with Crippen molar-refractivity contribution in [1.29, 1.82) is 0 Å². The highest BCUT2D eigenvalue weighted by molar-refractivity contribution is 5.70. The molecule has 0 radical (unpaired) electrons. The van der Waals surface area contributed by atoms with E-state index < -0.39 is 99.3 Å². The summed E-state index contributed by atoms with van der Waals surface area (Å²) in [5.41, 5.74) is 0. The van der Waals surface area contributed by atoms with Gasteiger partial charge in [0.15, 0.2) is 18.7 Å². The van der Waals surface area contributed by atoms with Gasteiger partial charge in [0, 0.05) is 12.8 Å². The predicted molar refractivity (Wildman–Crippen MR) is 289 cm³/mol. The van der Waals surface area contributed by atoms with Crippen molar-refractivity contribution in [3.05, 3.63) is 60.8 Å². The summed E-state index contributed by atoms with van der Waals surface area (Å²) in [5, 5.41) is 72.2. The van der Waals surface area contributed by atoms with Crippen molar-refractivity contribution >= 4 is 11.9 Å². The molecule has 0 saturated carbocycles. The fourth-order valence-corrected chi connectivity index (χ4v) is 8.88. The van der Waals surface area contributed by atoms with E-state index in [0.717, 1.165) is 57.8 Å². The number of hydrogen-bond donors (Lipinski definition) is 7. The molecule has 2 aliphatic rings. The molecule has 2 heterocycles. The topological polar surface area (TPSA) is 231 Å². The maximum atomic E-state index is 13.0. The number of carbonyl (C=O) groups is 2. The van der Waals surface area contributed by atoms with Crippen molar-refractivity contribution in [1.82, 2.24) is 0 Å². The monoisotopic (exact) mass is 1050 g/mol. The third-order valence-electron chi connectivity index (χ3n) is 13.6. The Hall–Kier alpha value is -2.80. The number of carbonyl (C=O) groups excluding carboxylic acids is 2. The largest absolute Gasteiger partial charge is 0.462 e. The second-order valence-corrected chi connectivity index (χ2v) is 20.2. The molecule has 0 aromatic rings. The molecule has 0 amide bonds. The molecule has 15 heteroatoms. The highest BCUT2D eigenvalue weighted by Crippen LogP contribution is 2.27. The lowest BCUT2D eigenvalue weighted by atomic mass is 9.98. The van der Waals surface area contributed by atoms with Crippen molar-refractivity contribution < 1.29 is 73.8 Å². The first kappa shape index (κ1) is 67.3. The first-order valence-corrected chi connectivity index (χ1v) is 28.9. The van der Waals surface area contributed by atoms with E-state index in [1.54, 1.807) is 0 Å². The highest BCUT2D eigenvalue weighted by atomic mass is 16.7. The average Bonchev–Trinajstić information content (AvgIpc) is 3.39. The number of hydrogen-bond acceptors (Lipinski definition) is 15. The van der Waals surface area contributed by atoms with Crippen LogP contribution in [0.2, 0.25) is 0 Å². The molecular formula is C59H102O15. The van der Waals surface area contributed by atoms with Gasteiger partial charge in [0.1, 0.15) is 55.4 Å². The van der Waals surface area contributed by atoms with Crippen LogP contribution in [0.1, 0.15) is 206 Å². The molecule has 15 nitrogen and oxygen atoms in total. The molecule has 2 aliphatic heterocycles. The zero-order valence-electron chi connectivity index (χ0n) is 45.6. The number of rotatable bonds is 45. The lowest BCUT2D eigenvalue weighted by Gasteiger charge is -2.42. The van der Waals surface area contributed by atoms with Crippen molar-refractivity contribution in [2.24, 2.45) is 0 Å². The van der Waals surface area contributed by atoms with Gasteiger partial charge in [-0.25, -0.2) is 0 Å². The lowest BCUT2D eigenvalue weighted by Crippen LogP contribution is -2.61. The third-order valence-corrected chi connectivity index (χ3v) is 13.6. The molecule has 7 N–H and O–H groups in total. The molecule has 0 aliphatic carbocycles. The Labute approximate surface area is 445 Å². The number of esters is 2. The summed E-state index contributed by atoms with van der Waals surface area (Å²) in [6, 6.07) is 0. The molecule has 0 spiro atoms. The van der Waals surface area contributed by atoms with E-state index >= 15 is 0 Å². The molecule has 428 valence electrons. The molecular weight excluding hydrogens is 949 g/mol. The minimum atomic E-state index is -1.78. The van der Waals surface area contributed by atoms with Crippen LogP contribution in [0.3, 0.4) is 0 Å². The van der Waals surface area contributed by atoms with Gasteiger partial charge in [0.2, 0.25) is 0 Å². The van der Waals surface area contributed by atoms with Crippen LogP contribution < -0.4 is 0 Å². The normalized spacial score (nSPS) is 25.1. The molecule has 2 rings (SSSR count). The summed E-state index contributed by atoms with van der Waals surface area (Å²) in [6.45, 7) is 2.42. The zero-order valence-corrected chi connectivity index (χ0v) is 45.6. The maximum Gasteiger partial charge on any atom is 0.306 e. The number of aliphatic hydroxyl groups excluding tert-OH is 7. The van der Waals surface area contributed by atoms with E-state index in [0.29, 0.717) is 12.8 Å². The number of allylic oxidation sites excluding steroid dienone is 10. The molecule has 4 unspecified atom stereocenters. The number of aliphatic hydroxyl groups is 7. The average molecular weight is 1050 g/mol. The van der Waals surface area contributed by atoms with Crippen LogP contribution >= 0.6 is 0 Å². The molecule has 0 bridgehead atoms. The van der Waals surface area contributed by atoms with Gasteiger partial charge in [-0.3, -0.25) is 9.59 Å².